The average Bonchev–Trinajstić information content (AvgIpc) is 2.90. The number of hydrogen-bond donors (Lipinski definition) is 2. The van der Waals surface area contributed by atoms with Gasteiger partial charge in [0.25, 0.3) is 10.0 Å². The molecule has 0 aliphatic carbocycles. The molecule has 0 aromatic carbocycles. The second-order valence-electron chi connectivity index (χ2n) is 4.47. The molecule has 0 amide bonds. The van der Waals surface area contributed by atoms with Crippen LogP contribution in [0.3, 0.4) is 0 Å². The Morgan fingerprint density at radius 1 is 1.45 bits per heavy atom. The van der Waals surface area contributed by atoms with E-state index in [4.69, 9.17) is 6.42 Å². The first-order valence-corrected chi connectivity index (χ1v) is 7.77. The van der Waals surface area contributed by atoms with E-state index >= 15 is 0 Å². The lowest BCUT2D eigenvalue weighted by Crippen LogP contribution is -2.46. The van der Waals surface area contributed by atoms with Gasteiger partial charge in [-0.05, 0) is 25.0 Å². The largest absolute Gasteiger partial charge is 0.261 e. The van der Waals surface area contributed by atoms with E-state index in [0.29, 0.717) is 23.9 Å². The Hall–Kier alpha value is -1.91. The fourth-order valence-electron chi connectivity index (χ4n) is 1.97. The third kappa shape index (κ3) is 2.40. The summed E-state index contributed by atoms with van der Waals surface area (Å²) in [6.07, 6.45) is 8.05. The summed E-state index contributed by atoms with van der Waals surface area (Å²) in [5.74, 6) is 2.54. The van der Waals surface area contributed by atoms with Crippen LogP contribution >= 0.6 is 0 Å². The Balaban J connectivity index is 2.49. The maximum absolute atomic E-state index is 12.5. The van der Waals surface area contributed by atoms with Crippen LogP contribution in [0.4, 0.5) is 0 Å². The second-order valence-corrected chi connectivity index (χ2v) is 6.07. The highest BCUT2D eigenvalue weighted by Crippen LogP contribution is 2.22. The van der Waals surface area contributed by atoms with E-state index < -0.39 is 15.6 Å². The first-order chi connectivity index (χ1) is 9.48. The summed E-state index contributed by atoms with van der Waals surface area (Å²) in [5, 5.41) is 6.81. The van der Waals surface area contributed by atoms with E-state index in [9.17, 15) is 8.42 Å². The number of H-pyrrole nitrogens is 1. The summed E-state index contributed by atoms with van der Waals surface area (Å²) in [7, 11) is -3.81. The van der Waals surface area contributed by atoms with Crippen LogP contribution in [0.15, 0.2) is 23.4 Å². The zero-order valence-electron chi connectivity index (χ0n) is 11.3. The molecule has 0 spiro atoms. The molecule has 0 atom stereocenters. The van der Waals surface area contributed by atoms with Crippen molar-refractivity contribution in [3.05, 3.63) is 18.3 Å². The first kappa shape index (κ1) is 14.5. The van der Waals surface area contributed by atoms with Crippen molar-refractivity contribution in [2.24, 2.45) is 0 Å². The summed E-state index contributed by atoms with van der Waals surface area (Å²) in [6, 6.07) is 3.31. The number of aromatic amines is 1. The number of pyridine rings is 1. The Bertz CT molecular complexity index is 754. The van der Waals surface area contributed by atoms with Crippen molar-refractivity contribution in [2.45, 2.75) is 37.3 Å². The highest BCUT2D eigenvalue weighted by molar-refractivity contribution is 7.89. The van der Waals surface area contributed by atoms with E-state index in [-0.39, 0.29) is 5.03 Å². The number of terminal acetylenes is 1. The Labute approximate surface area is 118 Å². The van der Waals surface area contributed by atoms with Crippen molar-refractivity contribution >= 4 is 21.1 Å². The van der Waals surface area contributed by atoms with Crippen LogP contribution in [0, 0.1) is 12.3 Å². The van der Waals surface area contributed by atoms with Gasteiger partial charge in [-0.15, -0.1) is 6.42 Å². The van der Waals surface area contributed by atoms with Gasteiger partial charge in [-0.1, -0.05) is 19.8 Å². The number of fused-ring (bicyclic) bond motifs is 1. The number of hydrogen-bond acceptors (Lipinski definition) is 4. The molecule has 2 rings (SSSR count). The van der Waals surface area contributed by atoms with Crippen molar-refractivity contribution in [3.8, 4) is 12.3 Å². The molecule has 0 bridgehead atoms. The van der Waals surface area contributed by atoms with E-state index in [0.717, 1.165) is 0 Å². The molecule has 2 N–H and O–H groups in total. The Morgan fingerprint density at radius 3 is 2.75 bits per heavy atom. The van der Waals surface area contributed by atoms with Gasteiger partial charge in [-0.25, -0.2) is 13.4 Å². The molecule has 7 heteroatoms. The molecule has 0 aliphatic heterocycles. The molecule has 2 heterocycles. The van der Waals surface area contributed by atoms with Crippen molar-refractivity contribution in [2.75, 3.05) is 0 Å². The monoisotopic (exact) mass is 292 g/mol. The molecule has 0 radical (unpaired) electrons. The highest BCUT2D eigenvalue weighted by Gasteiger charge is 2.32. The lowest BCUT2D eigenvalue weighted by molar-refractivity contribution is 0.450. The van der Waals surface area contributed by atoms with Gasteiger partial charge in [-0.3, -0.25) is 5.10 Å². The van der Waals surface area contributed by atoms with Gasteiger partial charge in [0.2, 0.25) is 5.03 Å². The fraction of sp³-hybridized carbons (Fsp3) is 0.385. The minimum Gasteiger partial charge on any atom is -0.259 e. The Kier molecular flexibility index (Phi) is 3.79. The summed E-state index contributed by atoms with van der Waals surface area (Å²) < 4.78 is 27.5. The minimum atomic E-state index is -3.81. The van der Waals surface area contributed by atoms with E-state index in [1.165, 1.54) is 0 Å². The fourth-order valence-corrected chi connectivity index (χ4v) is 3.55. The lowest BCUT2D eigenvalue weighted by Gasteiger charge is -2.26. The van der Waals surface area contributed by atoms with E-state index in [2.05, 4.69) is 25.8 Å². The number of rotatable bonds is 5. The number of aromatic nitrogens is 3. The second kappa shape index (κ2) is 5.23. The zero-order valence-corrected chi connectivity index (χ0v) is 12.2. The van der Waals surface area contributed by atoms with Gasteiger partial charge in [0, 0.05) is 6.20 Å². The topological polar surface area (TPSA) is 87.7 Å². The van der Waals surface area contributed by atoms with Crippen LogP contribution in [-0.2, 0) is 10.0 Å². The molecular weight excluding hydrogens is 276 g/mol. The summed E-state index contributed by atoms with van der Waals surface area (Å²) in [5.41, 5.74) is -0.473. The SMILES string of the molecule is C#CC(CC)(CC)NS(=O)(=O)c1n[nH]c2ncccc12. The predicted octanol–water partition coefficient (Wildman–Crippen LogP) is 1.43. The average molecular weight is 292 g/mol. The third-order valence-corrected chi connectivity index (χ3v) is 4.85. The van der Waals surface area contributed by atoms with Crippen LogP contribution in [0.25, 0.3) is 11.0 Å². The lowest BCUT2D eigenvalue weighted by atomic mass is 9.96. The van der Waals surface area contributed by atoms with Gasteiger partial charge in [0.05, 0.1) is 10.9 Å². The first-order valence-electron chi connectivity index (χ1n) is 6.29. The standard InChI is InChI=1S/C13H16N4O2S/c1-4-13(5-2,6-3)17-20(18,19)12-10-8-7-9-14-11(10)15-16-12/h1,7-9,17H,5-6H2,2-3H3,(H,14,15,16). The molecule has 2 aromatic heterocycles. The van der Waals surface area contributed by atoms with Gasteiger partial charge < -0.3 is 0 Å². The van der Waals surface area contributed by atoms with Crippen molar-refractivity contribution in [1.82, 2.24) is 19.9 Å². The molecule has 0 aliphatic rings. The summed E-state index contributed by atoms with van der Waals surface area (Å²) in [4.78, 5) is 4.02. The van der Waals surface area contributed by atoms with Gasteiger partial charge in [-0.2, -0.15) is 9.82 Å². The number of nitrogens with zero attached hydrogens (tertiary/aromatic N) is 2. The molecule has 0 saturated carbocycles. The minimum absolute atomic E-state index is 0.0814. The van der Waals surface area contributed by atoms with Crippen molar-refractivity contribution in [3.63, 3.8) is 0 Å². The van der Waals surface area contributed by atoms with Crippen LogP contribution in [0.1, 0.15) is 26.7 Å². The normalized spacial score (nSPS) is 12.4. The zero-order chi connectivity index (χ0) is 14.8. The van der Waals surface area contributed by atoms with E-state index in [1.807, 2.05) is 13.8 Å². The molecule has 0 fully saturated rings. The maximum atomic E-state index is 12.5. The molecule has 2 aromatic rings. The molecular formula is C13H16N4O2S. The predicted molar refractivity (Wildman–Crippen MR) is 76.4 cm³/mol. The molecule has 0 unspecified atom stereocenters. The van der Waals surface area contributed by atoms with Crippen LogP contribution < -0.4 is 4.72 Å². The van der Waals surface area contributed by atoms with Gasteiger partial charge in [0.1, 0.15) is 0 Å². The quantitative estimate of drug-likeness (QED) is 0.816. The smallest absolute Gasteiger partial charge is 0.259 e. The summed E-state index contributed by atoms with van der Waals surface area (Å²) in [6.45, 7) is 3.69. The van der Waals surface area contributed by atoms with Gasteiger partial charge >= 0.3 is 0 Å². The highest BCUT2D eigenvalue weighted by atomic mass is 32.2. The summed E-state index contributed by atoms with van der Waals surface area (Å²) >= 11 is 0. The van der Waals surface area contributed by atoms with E-state index in [1.54, 1.807) is 18.3 Å². The number of sulfonamides is 1. The Morgan fingerprint density at radius 2 is 2.15 bits per heavy atom. The molecule has 106 valence electrons. The maximum Gasteiger partial charge on any atom is 0.261 e. The van der Waals surface area contributed by atoms with Gasteiger partial charge in [0.15, 0.2) is 5.65 Å². The molecule has 0 saturated heterocycles. The van der Waals surface area contributed by atoms with Crippen LogP contribution in [0.5, 0.6) is 0 Å². The van der Waals surface area contributed by atoms with Crippen LogP contribution in [0.2, 0.25) is 0 Å². The van der Waals surface area contributed by atoms with Crippen LogP contribution in [-0.4, -0.2) is 29.1 Å². The third-order valence-electron chi connectivity index (χ3n) is 3.37. The van der Waals surface area contributed by atoms with Crippen molar-refractivity contribution < 1.29 is 8.42 Å². The van der Waals surface area contributed by atoms with Crippen molar-refractivity contribution in [1.29, 1.82) is 0 Å². The molecule has 20 heavy (non-hydrogen) atoms. The number of nitrogens with one attached hydrogen (secondary N) is 2. The molecule has 6 nitrogen and oxygen atoms in total.